The zero-order valence-electron chi connectivity index (χ0n) is 12.0. The first-order chi connectivity index (χ1) is 8.74. The van der Waals surface area contributed by atoms with Crippen molar-refractivity contribution in [2.45, 2.75) is 51.4 Å². The van der Waals surface area contributed by atoms with Crippen LogP contribution in [0.1, 0.15) is 33.6 Å². The average Bonchev–Trinajstić information content (AvgIpc) is 2.35. The Balaban J connectivity index is 2.42. The second-order valence-corrected chi connectivity index (χ2v) is 6.14. The van der Waals surface area contributed by atoms with Crippen LogP contribution in [-0.4, -0.2) is 58.6 Å². The van der Waals surface area contributed by atoms with Crippen LogP contribution in [0.4, 0.5) is 4.79 Å². The predicted molar refractivity (Wildman–Crippen MR) is 71.6 cm³/mol. The van der Waals surface area contributed by atoms with E-state index in [9.17, 15) is 9.90 Å². The Kier molecular flexibility index (Phi) is 5.58. The van der Waals surface area contributed by atoms with Crippen LogP contribution in [0.25, 0.3) is 0 Å². The Morgan fingerprint density at radius 2 is 1.95 bits per heavy atom. The average molecular weight is 274 g/mol. The molecule has 1 fully saturated rings. The molecule has 0 aromatic rings. The van der Waals surface area contributed by atoms with Crippen molar-refractivity contribution in [1.29, 1.82) is 0 Å². The summed E-state index contributed by atoms with van der Waals surface area (Å²) >= 11 is 0. The van der Waals surface area contributed by atoms with Gasteiger partial charge < -0.3 is 25.6 Å². The fourth-order valence-corrected chi connectivity index (χ4v) is 2.21. The number of piperidine rings is 1. The molecule has 0 spiro atoms. The molecule has 19 heavy (non-hydrogen) atoms. The smallest absolute Gasteiger partial charge is 0.410 e. The van der Waals surface area contributed by atoms with Gasteiger partial charge in [-0.05, 0) is 39.5 Å². The molecule has 4 N–H and O–H groups in total. The molecule has 0 aliphatic carbocycles. The van der Waals surface area contributed by atoms with E-state index >= 15 is 0 Å². The molecule has 0 aromatic heterocycles. The number of amides is 1. The normalized spacial score (nSPS) is 21.1. The molecule has 2 atom stereocenters. The first-order valence-electron chi connectivity index (χ1n) is 6.77. The predicted octanol–water partition coefficient (Wildman–Crippen LogP) is 0.314. The van der Waals surface area contributed by atoms with Gasteiger partial charge in [-0.1, -0.05) is 0 Å². The Morgan fingerprint density at radius 3 is 2.37 bits per heavy atom. The van der Waals surface area contributed by atoms with E-state index in [0.29, 0.717) is 25.9 Å². The lowest BCUT2D eigenvalue weighted by Crippen LogP contribution is -2.48. The van der Waals surface area contributed by atoms with Crippen molar-refractivity contribution in [3.8, 4) is 0 Å². The quantitative estimate of drug-likeness (QED) is 0.688. The van der Waals surface area contributed by atoms with Crippen molar-refractivity contribution in [3.05, 3.63) is 0 Å². The van der Waals surface area contributed by atoms with Gasteiger partial charge in [0.05, 0.1) is 18.8 Å². The van der Waals surface area contributed by atoms with E-state index in [4.69, 9.17) is 15.6 Å². The molecule has 1 amide bonds. The molecule has 6 nitrogen and oxygen atoms in total. The minimum Gasteiger partial charge on any atom is -0.444 e. The largest absolute Gasteiger partial charge is 0.444 e. The van der Waals surface area contributed by atoms with Crippen LogP contribution < -0.4 is 5.73 Å². The maximum atomic E-state index is 11.9. The van der Waals surface area contributed by atoms with E-state index in [2.05, 4.69) is 0 Å². The number of rotatable bonds is 3. The molecule has 1 heterocycles. The third-order valence-corrected chi connectivity index (χ3v) is 3.32. The summed E-state index contributed by atoms with van der Waals surface area (Å²) in [4.78, 5) is 13.5. The molecule has 1 aliphatic heterocycles. The summed E-state index contributed by atoms with van der Waals surface area (Å²) in [5.74, 6) is 0.0286. The first-order valence-corrected chi connectivity index (χ1v) is 6.77. The lowest BCUT2D eigenvalue weighted by Gasteiger charge is -2.36. The fraction of sp³-hybridized carbons (Fsp3) is 0.923. The summed E-state index contributed by atoms with van der Waals surface area (Å²) in [5.41, 5.74) is 5.13. The zero-order chi connectivity index (χ0) is 14.6. The molecule has 0 unspecified atom stereocenters. The Bertz CT molecular complexity index is 296. The minimum atomic E-state index is -0.717. The Hall–Kier alpha value is -0.850. The monoisotopic (exact) mass is 274 g/mol. The number of aliphatic hydroxyl groups excluding tert-OH is 2. The van der Waals surface area contributed by atoms with Crippen LogP contribution in [0.5, 0.6) is 0 Å². The number of carbonyl (C=O) groups is 1. The van der Waals surface area contributed by atoms with Gasteiger partial charge in [0.15, 0.2) is 0 Å². The summed E-state index contributed by atoms with van der Waals surface area (Å²) in [6.45, 7) is 6.38. The topological polar surface area (TPSA) is 96.0 Å². The summed E-state index contributed by atoms with van der Waals surface area (Å²) in [6, 6.07) is -0.613. The summed E-state index contributed by atoms with van der Waals surface area (Å²) in [7, 11) is 0. The maximum absolute atomic E-state index is 11.9. The number of nitrogens with zero attached hydrogens (tertiary/aromatic N) is 1. The molecule has 1 saturated heterocycles. The van der Waals surface area contributed by atoms with E-state index < -0.39 is 17.7 Å². The first kappa shape index (κ1) is 16.2. The molecular formula is C13H26N2O4. The van der Waals surface area contributed by atoms with Crippen molar-refractivity contribution in [2.24, 2.45) is 11.7 Å². The highest BCUT2D eigenvalue weighted by Crippen LogP contribution is 2.23. The summed E-state index contributed by atoms with van der Waals surface area (Å²) in [6.07, 6.45) is 0.320. The van der Waals surface area contributed by atoms with Crippen molar-refractivity contribution in [1.82, 2.24) is 4.90 Å². The van der Waals surface area contributed by atoms with Gasteiger partial charge in [-0.25, -0.2) is 4.79 Å². The molecular weight excluding hydrogens is 248 g/mol. The Labute approximate surface area is 114 Å². The van der Waals surface area contributed by atoms with Crippen LogP contribution >= 0.6 is 0 Å². The number of ether oxygens (including phenoxy) is 1. The van der Waals surface area contributed by atoms with Gasteiger partial charge in [0, 0.05) is 13.1 Å². The number of nitrogens with two attached hydrogens (primary N) is 1. The second kappa shape index (κ2) is 6.54. The maximum Gasteiger partial charge on any atom is 0.410 e. The molecule has 6 heteroatoms. The molecule has 1 rings (SSSR count). The standard InChI is InChI=1S/C13H26N2O4/c1-13(2,3)19-12(18)15-6-4-9(5-7-15)11(17)10(14)8-16/h9-11,16-17H,4-8,14H2,1-3H3/t10-,11-/m1/s1. The molecule has 1 aliphatic rings. The summed E-state index contributed by atoms with van der Waals surface area (Å²) < 4.78 is 5.30. The third kappa shape index (κ3) is 4.97. The van der Waals surface area contributed by atoms with Crippen LogP contribution in [-0.2, 0) is 4.74 Å². The number of aliphatic hydroxyl groups is 2. The van der Waals surface area contributed by atoms with Gasteiger partial charge in [0.25, 0.3) is 0 Å². The van der Waals surface area contributed by atoms with Crippen molar-refractivity contribution in [2.75, 3.05) is 19.7 Å². The van der Waals surface area contributed by atoms with Crippen molar-refractivity contribution < 1.29 is 19.7 Å². The number of hydrogen-bond acceptors (Lipinski definition) is 5. The van der Waals surface area contributed by atoms with Crippen LogP contribution in [0.3, 0.4) is 0 Å². The number of likely N-dealkylation sites (tertiary alicyclic amines) is 1. The lowest BCUT2D eigenvalue weighted by molar-refractivity contribution is 0.000231. The SMILES string of the molecule is CC(C)(C)OC(=O)N1CCC([C@@H](O)[C@H](N)CO)CC1. The van der Waals surface area contributed by atoms with Gasteiger partial charge in [-0.2, -0.15) is 0 Å². The molecule has 0 saturated carbocycles. The van der Waals surface area contributed by atoms with Crippen molar-refractivity contribution in [3.63, 3.8) is 0 Å². The molecule has 112 valence electrons. The van der Waals surface area contributed by atoms with E-state index in [0.717, 1.165) is 0 Å². The van der Waals surface area contributed by atoms with Gasteiger partial charge in [-0.3, -0.25) is 0 Å². The van der Waals surface area contributed by atoms with E-state index in [-0.39, 0.29) is 18.6 Å². The van der Waals surface area contributed by atoms with Crippen molar-refractivity contribution >= 4 is 6.09 Å². The minimum absolute atomic E-state index is 0.0286. The van der Waals surface area contributed by atoms with Gasteiger partial charge >= 0.3 is 6.09 Å². The highest BCUT2D eigenvalue weighted by molar-refractivity contribution is 5.68. The molecule has 0 radical (unpaired) electrons. The van der Waals surface area contributed by atoms with Gasteiger partial charge in [0.2, 0.25) is 0 Å². The zero-order valence-corrected chi connectivity index (χ0v) is 12.0. The van der Waals surface area contributed by atoms with E-state index in [1.807, 2.05) is 20.8 Å². The van der Waals surface area contributed by atoms with E-state index in [1.165, 1.54) is 0 Å². The Morgan fingerprint density at radius 1 is 1.42 bits per heavy atom. The molecule has 0 aromatic carbocycles. The van der Waals surface area contributed by atoms with E-state index in [1.54, 1.807) is 4.90 Å². The highest BCUT2D eigenvalue weighted by atomic mass is 16.6. The fourth-order valence-electron chi connectivity index (χ4n) is 2.21. The number of hydrogen-bond donors (Lipinski definition) is 3. The highest BCUT2D eigenvalue weighted by Gasteiger charge is 2.31. The van der Waals surface area contributed by atoms with Crippen LogP contribution in [0.2, 0.25) is 0 Å². The van der Waals surface area contributed by atoms with Crippen LogP contribution in [0.15, 0.2) is 0 Å². The van der Waals surface area contributed by atoms with Gasteiger partial charge in [0.1, 0.15) is 5.60 Å². The number of carbonyl (C=O) groups excluding carboxylic acids is 1. The van der Waals surface area contributed by atoms with Gasteiger partial charge in [-0.15, -0.1) is 0 Å². The summed E-state index contributed by atoms with van der Waals surface area (Å²) in [5, 5.41) is 18.9. The lowest BCUT2D eigenvalue weighted by atomic mass is 9.88. The third-order valence-electron chi connectivity index (χ3n) is 3.32. The van der Waals surface area contributed by atoms with Crippen LogP contribution in [0, 0.1) is 5.92 Å². The molecule has 0 bridgehead atoms. The second-order valence-electron chi connectivity index (χ2n) is 6.14.